The molecule has 1 saturated carbocycles. The third-order valence-corrected chi connectivity index (χ3v) is 6.51. The van der Waals surface area contributed by atoms with Crippen LogP contribution in [-0.2, 0) is 4.74 Å². The van der Waals surface area contributed by atoms with Crippen LogP contribution in [0.3, 0.4) is 0 Å². The molecular formula is C21H31N3O2. The normalized spacial score (nSPS) is 25.8. The summed E-state index contributed by atoms with van der Waals surface area (Å²) in [5, 5.41) is 0. The standard InChI is InChI=1S/C21H31N3O2/c1-16-3-6-18(12-22-16)20(25)24-9-7-21(8-10-24)11-19(23(2)15-21)14-26-13-17-4-5-17/h3,6,12,17,19H,4-5,7-11,13-15H2,1-2H3. The van der Waals surface area contributed by atoms with Crippen LogP contribution in [0.25, 0.3) is 0 Å². The molecule has 0 N–H and O–H groups in total. The first-order valence-corrected chi connectivity index (χ1v) is 10.0. The molecule has 1 aliphatic carbocycles. The van der Waals surface area contributed by atoms with Crippen molar-refractivity contribution in [3.8, 4) is 0 Å². The van der Waals surface area contributed by atoms with Crippen LogP contribution in [0.4, 0.5) is 0 Å². The number of nitrogens with zero attached hydrogens (tertiary/aromatic N) is 3. The van der Waals surface area contributed by atoms with Gasteiger partial charge in [-0.1, -0.05) is 0 Å². The largest absolute Gasteiger partial charge is 0.380 e. The van der Waals surface area contributed by atoms with Crippen molar-refractivity contribution in [2.75, 3.05) is 39.9 Å². The summed E-state index contributed by atoms with van der Waals surface area (Å²) >= 11 is 0. The maximum Gasteiger partial charge on any atom is 0.255 e. The number of hydrogen-bond donors (Lipinski definition) is 0. The van der Waals surface area contributed by atoms with Gasteiger partial charge in [0, 0.05) is 44.2 Å². The molecule has 1 atom stereocenters. The number of likely N-dealkylation sites (tertiary alicyclic amines) is 2. The average molecular weight is 357 g/mol. The van der Waals surface area contributed by atoms with Gasteiger partial charge in [0.1, 0.15) is 0 Å². The van der Waals surface area contributed by atoms with Crippen LogP contribution < -0.4 is 0 Å². The van der Waals surface area contributed by atoms with E-state index in [0.29, 0.717) is 17.0 Å². The lowest BCUT2D eigenvalue weighted by atomic mass is 9.76. The van der Waals surface area contributed by atoms with E-state index >= 15 is 0 Å². The fourth-order valence-corrected chi connectivity index (χ4v) is 4.54. The number of rotatable bonds is 5. The van der Waals surface area contributed by atoms with E-state index in [9.17, 15) is 4.79 Å². The molecule has 5 heteroatoms. The van der Waals surface area contributed by atoms with Gasteiger partial charge in [-0.15, -0.1) is 0 Å². The predicted molar refractivity (Wildman–Crippen MR) is 101 cm³/mol. The molecule has 4 rings (SSSR count). The summed E-state index contributed by atoms with van der Waals surface area (Å²) < 4.78 is 5.96. The van der Waals surface area contributed by atoms with E-state index < -0.39 is 0 Å². The van der Waals surface area contributed by atoms with Crippen molar-refractivity contribution >= 4 is 5.91 Å². The smallest absolute Gasteiger partial charge is 0.255 e. The second-order valence-electron chi connectivity index (χ2n) is 8.73. The highest BCUT2D eigenvalue weighted by Crippen LogP contribution is 2.43. The van der Waals surface area contributed by atoms with Gasteiger partial charge in [0.15, 0.2) is 0 Å². The highest BCUT2D eigenvalue weighted by Gasteiger charge is 2.44. The monoisotopic (exact) mass is 357 g/mol. The van der Waals surface area contributed by atoms with Gasteiger partial charge in [-0.25, -0.2) is 0 Å². The molecule has 0 bridgehead atoms. The second kappa shape index (κ2) is 7.28. The molecule has 1 amide bonds. The Kier molecular flexibility index (Phi) is 5.02. The Morgan fingerprint density at radius 2 is 2.04 bits per heavy atom. The summed E-state index contributed by atoms with van der Waals surface area (Å²) in [5.74, 6) is 0.962. The van der Waals surface area contributed by atoms with Crippen LogP contribution >= 0.6 is 0 Å². The number of hydrogen-bond acceptors (Lipinski definition) is 4. The van der Waals surface area contributed by atoms with E-state index in [1.807, 2.05) is 24.0 Å². The molecule has 26 heavy (non-hydrogen) atoms. The van der Waals surface area contributed by atoms with Crippen molar-refractivity contribution in [2.45, 2.75) is 45.1 Å². The maximum atomic E-state index is 12.7. The lowest BCUT2D eigenvalue weighted by molar-refractivity contribution is 0.0587. The van der Waals surface area contributed by atoms with E-state index in [0.717, 1.165) is 57.3 Å². The lowest BCUT2D eigenvalue weighted by Gasteiger charge is -2.39. The van der Waals surface area contributed by atoms with Gasteiger partial charge in [0.25, 0.3) is 5.91 Å². The van der Waals surface area contributed by atoms with E-state index in [4.69, 9.17) is 4.74 Å². The quantitative estimate of drug-likeness (QED) is 0.813. The minimum Gasteiger partial charge on any atom is -0.380 e. The molecule has 2 saturated heterocycles. The molecule has 1 aromatic rings. The number of pyridine rings is 1. The Morgan fingerprint density at radius 3 is 2.69 bits per heavy atom. The topological polar surface area (TPSA) is 45.7 Å². The second-order valence-corrected chi connectivity index (χ2v) is 8.73. The van der Waals surface area contributed by atoms with Crippen molar-refractivity contribution < 1.29 is 9.53 Å². The number of ether oxygens (including phenoxy) is 1. The molecule has 142 valence electrons. The molecule has 1 spiro atoms. The molecule has 0 radical (unpaired) electrons. The summed E-state index contributed by atoms with van der Waals surface area (Å²) in [6.45, 7) is 6.61. The maximum absolute atomic E-state index is 12.7. The van der Waals surface area contributed by atoms with Gasteiger partial charge >= 0.3 is 0 Å². The SMILES string of the molecule is Cc1ccc(C(=O)N2CCC3(CC2)CC(COCC2CC2)N(C)C3)cn1. The molecule has 2 aliphatic heterocycles. The number of aromatic nitrogens is 1. The van der Waals surface area contributed by atoms with Crippen molar-refractivity contribution in [3.05, 3.63) is 29.6 Å². The van der Waals surface area contributed by atoms with Gasteiger partial charge in [-0.05, 0) is 69.5 Å². The van der Waals surface area contributed by atoms with Crippen LogP contribution in [-0.4, -0.2) is 66.6 Å². The molecule has 3 fully saturated rings. The highest BCUT2D eigenvalue weighted by molar-refractivity contribution is 5.94. The Labute approximate surface area is 156 Å². The van der Waals surface area contributed by atoms with Crippen LogP contribution in [0, 0.1) is 18.3 Å². The Balaban J connectivity index is 1.29. The number of carbonyl (C=O) groups is 1. The molecule has 3 heterocycles. The first-order valence-electron chi connectivity index (χ1n) is 10.0. The molecule has 1 unspecified atom stereocenters. The summed E-state index contributed by atoms with van der Waals surface area (Å²) in [4.78, 5) is 21.5. The number of aryl methyl sites for hydroxylation is 1. The van der Waals surface area contributed by atoms with Gasteiger partial charge in [0.05, 0.1) is 12.2 Å². The Morgan fingerprint density at radius 1 is 1.27 bits per heavy atom. The summed E-state index contributed by atoms with van der Waals surface area (Å²) in [6.07, 6.45) is 7.82. The third kappa shape index (κ3) is 3.94. The van der Waals surface area contributed by atoms with Gasteiger partial charge in [-0.3, -0.25) is 9.78 Å². The third-order valence-electron chi connectivity index (χ3n) is 6.51. The molecule has 1 aromatic heterocycles. The average Bonchev–Trinajstić information content (AvgIpc) is 3.41. The van der Waals surface area contributed by atoms with Gasteiger partial charge < -0.3 is 14.5 Å². The number of amides is 1. The fourth-order valence-electron chi connectivity index (χ4n) is 4.54. The van der Waals surface area contributed by atoms with E-state index in [1.54, 1.807) is 6.20 Å². The van der Waals surface area contributed by atoms with Crippen LogP contribution in [0.2, 0.25) is 0 Å². The zero-order valence-corrected chi connectivity index (χ0v) is 16.1. The van der Waals surface area contributed by atoms with Crippen molar-refractivity contribution in [2.24, 2.45) is 11.3 Å². The number of piperidine rings is 1. The van der Waals surface area contributed by atoms with Gasteiger partial charge in [-0.2, -0.15) is 0 Å². The van der Waals surface area contributed by atoms with Gasteiger partial charge in [0.2, 0.25) is 0 Å². The lowest BCUT2D eigenvalue weighted by Crippen LogP contribution is -2.44. The molecular weight excluding hydrogens is 326 g/mol. The highest BCUT2D eigenvalue weighted by atomic mass is 16.5. The Hall–Kier alpha value is -1.46. The van der Waals surface area contributed by atoms with E-state index in [-0.39, 0.29) is 5.91 Å². The minimum absolute atomic E-state index is 0.128. The van der Waals surface area contributed by atoms with E-state index in [2.05, 4.69) is 16.9 Å². The zero-order chi connectivity index (χ0) is 18.1. The Bertz CT molecular complexity index is 633. The van der Waals surface area contributed by atoms with Crippen molar-refractivity contribution in [1.29, 1.82) is 0 Å². The van der Waals surface area contributed by atoms with E-state index in [1.165, 1.54) is 19.3 Å². The number of carbonyl (C=O) groups excluding carboxylic acids is 1. The molecule has 0 aromatic carbocycles. The number of likely N-dealkylation sites (N-methyl/N-ethyl adjacent to an activating group) is 1. The van der Waals surface area contributed by atoms with Crippen molar-refractivity contribution in [3.63, 3.8) is 0 Å². The summed E-state index contributed by atoms with van der Waals surface area (Å²) in [7, 11) is 2.23. The zero-order valence-electron chi connectivity index (χ0n) is 16.1. The van der Waals surface area contributed by atoms with Crippen molar-refractivity contribution in [1.82, 2.24) is 14.8 Å². The summed E-state index contributed by atoms with van der Waals surface area (Å²) in [5.41, 5.74) is 2.02. The minimum atomic E-state index is 0.128. The summed E-state index contributed by atoms with van der Waals surface area (Å²) in [6, 6.07) is 4.35. The first-order chi connectivity index (χ1) is 12.5. The first kappa shape index (κ1) is 17.9. The predicted octanol–water partition coefficient (Wildman–Crippen LogP) is 2.74. The fraction of sp³-hybridized carbons (Fsp3) is 0.714. The molecule has 3 aliphatic rings. The van der Waals surface area contributed by atoms with Crippen LogP contribution in [0.5, 0.6) is 0 Å². The molecule has 5 nitrogen and oxygen atoms in total. The van der Waals surface area contributed by atoms with Crippen LogP contribution in [0.1, 0.15) is 48.2 Å². The van der Waals surface area contributed by atoms with Crippen LogP contribution in [0.15, 0.2) is 18.3 Å².